The Bertz CT molecular complexity index is 450. The fourth-order valence-electron chi connectivity index (χ4n) is 2.91. The zero-order valence-electron chi connectivity index (χ0n) is 10.1. The third-order valence-electron chi connectivity index (χ3n) is 3.90. The molecule has 3 nitrogen and oxygen atoms in total. The molecule has 0 unspecified atom stereocenters. The molecule has 0 spiro atoms. The average Bonchev–Trinajstić information content (AvgIpc) is 2.68. The summed E-state index contributed by atoms with van der Waals surface area (Å²) in [5.41, 5.74) is 1.29. The van der Waals surface area contributed by atoms with Gasteiger partial charge in [0, 0.05) is 6.54 Å². The third kappa shape index (κ3) is 1.97. The average molecular weight is 310 g/mol. The number of carbonyl (C=O) groups is 1. The van der Waals surface area contributed by atoms with Crippen LogP contribution in [-0.2, 0) is 16.1 Å². The highest BCUT2D eigenvalue weighted by Gasteiger charge is 2.54. The minimum atomic E-state index is -0.472. The van der Waals surface area contributed by atoms with Crippen LogP contribution in [0.15, 0.2) is 30.3 Å². The van der Waals surface area contributed by atoms with E-state index in [0.29, 0.717) is 6.61 Å². The molecule has 0 saturated carbocycles. The number of benzene rings is 1. The quantitative estimate of drug-likeness (QED) is 0.620. The molecule has 1 aromatic carbocycles. The van der Waals surface area contributed by atoms with Crippen molar-refractivity contribution in [3.63, 3.8) is 0 Å². The molecular formula is C14H16BrNO2. The van der Waals surface area contributed by atoms with Crippen molar-refractivity contribution < 1.29 is 9.53 Å². The first-order valence-corrected chi connectivity index (χ1v) is 7.13. The molecule has 0 amide bonds. The number of rotatable bonds is 2. The van der Waals surface area contributed by atoms with Crippen LogP contribution in [0.25, 0.3) is 0 Å². The molecule has 2 aliphatic rings. The van der Waals surface area contributed by atoms with Crippen molar-refractivity contribution in [2.24, 2.45) is 0 Å². The van der Waals surface area contributed by atoms with Gasteiger partial charge in [-0.3, -0.25) is 9.69 Å². The second-order valence-electron chi connectivity index (χ2n) is 5.04. The number of ether oxygens (including phenoxy) is 1. The SMILES string of the molecule is O=C1OC[C@@H]2N(Cc3ccccc3)CCC[C@@]12Br. The number of piperidine rings is 1. The van der Waals surface area contributed by atoms with E-state index in [4.69, 9.17) is 4.74 Å². The van der Waals surface area contributed by atoms with E-state index in [1.807, 2.05) is 6.07 Å². The van der Waals surface area contributed by atoms with Gasteiger partial charge in [-0.1, -0.05) is 46.3 Å². The lowest BCUT2D eigenvalue weighted by atomic mass is 9.91. The monoisotopic (exact) mass is 309 g/mol. The van der Waals surface area contributed by atoms with Crippen LogP contribution in [0.2, 0.25) is 0 Å². The molecule has 1 aromatic rings. The molecular weight excluding hydrogens is 294 g/mol. The van der Waals surface area contributed by atoms with Gasteiger partial charge in [-0.2, -0.15) is 0 Å². The first-order chi connectivity index (χ1) is 8.70. The molecule has 2 fully saturated rings. The number of cyclic esters (lactones) is 1. The Kier molecular flexibility index (Phi) is 3.16. The Morgan fingerprint density at radius 1 is 1.39 bits per heavy atom. The molecule has 2 saturated heterocycles. The minimum Gasteiger partial charge on any atom is -0.463 e. The molecule has 2 atom stereocenters. The van der Waals surface area contributed by atoms with Crippen LogP contribution in [0.3, 0.4) is 0 Å². The lowest BCUT2D eigenvalue weighted by molar-refractivity contribution is -0.140. The predicted octanol–water partition coefficient (Wildman–Crippen LogP) is 2.34. The van der Waals surface area contributed by atoms with E-state index >= 15 is 0 Å². The molecule has 0 aromatic heterocycles. The van der Waals surface area contributed by atoms with Gasteiger partial charge in [-0.15, -0.1) is 0 Å². The Labute approximate surface area is 115 Å². The molecule has 96 valence electrons. The topological polar surface area (TPSA) is 29.5 Å². The van der Waals surface area contributed by atoms with Crippen LogP contribution in [0.4, 0.5) is 0 Å². The van der Waals surface area contributed by atoms with Crippen molar-refractivity contribution >= 4 is 21.9 Å². The smallest absolute Gasteiger partial charge is 0.324 e. The summed E-state index contributed by atoms with van der Waals surface area (Å²) >= 11 is 3.63. The van der Waals surface area contributed by atoms with Crippen LogP contribution in [-0.4, -0.2) is 34.4 Å². The number of alkyl halides is 1. The summed E-state index contributed by atoms with van der Waals surface area (Å²) in [6, 6.07) is 10.5. The molecule has 2 heterocycles. The van der Waals surface area contributed by atoms with E-state index < -0.39 is 4.32 Å². The number of hydrogen-bond donors (Lipinski definition) is 0. The van der Waals surface area contributed by atoms with Crippen LogP contribution < -0.4 is 0 Å². The number of fused-ring (bicyclic) bond motifs is 1. The van der Waals surface area contributed by atoms with Gasteiger partial charge in [0.05, 0.1) is 6.04 Å². The number of likely N-dealkylation sites (tertiary alicyclic amines) is 1. The van der Waals surface area contributed by atoms with Gasteiger partial charge < -0.3 is 4.74 Å². The van der Waals surface area contributed by atoms with E-state index in [1.165, 1.54) is 5.56 Å². The van der Waals surface area contributed by atoms with Crippen LogP contribution in [0.5, 0.6) is 0 Å². The Balaban J connectivity index is 1.79. The number of esters is 1. The van der Waals surface area contributed by atoms with Crippen LogP contribution in [0.1, 0.15) is 18.4 Å². The van der Waals surface area contributed by atoms with Gasteiger partial charge in [0.1, 0.15) is 10.9 Å². The van der Waals surface area contributed by atoms with Crippen LogP contribution >= 0.6 is 15.9 Å². The Hall–Kier alpha value is -0.870. The summed E-state index contributed by atoms with van der Waals surface area (Å²) in [7, 11) is 0. The highest BCUT2D eigenvalue weighted by Crippen LogP contribution is 2.41. The Morgan fingerprint density at radius 2 is 2.17 bits per heavy atom. The summed E-state index contributed by atoms with van der Waals surface area (Å²) in [6.45, 7) is 2.43. The molecule has 0 aliphatic carbocycles. The highest BCUT2D eigenvalue weighted by atomic mass is 79.9. The van der Waals surface area contributed by atoms with Crippen molar-refractivity contribution in [2.45, 2.75) is 29.8 Å². The number of halogens is 1. The lowest BCUT2D eigenvalue weighted by Gasteiger charge is -2.39. The molecule has 4 heteroatoms. The minimum absolute atomic E-state index is 0.0924. The molecule has 0 radical (unpaired) electrons. The van der Waals surface area contributed by atoms with E-state index in [1.54, 1.807) is 0 Å². The van der Waals surface area contributed by atoms with Gasteiger partial charge >= 0.3 is 5.97 Å². The number of hydrogen-bond acceptors (Lipinski definition) is 3. The molecule has 18 heavy (non-hydrogen) atoms. The molecule has 0 N–H and O–H groups in total. The van der Waals surface area contributed by atoms with Gasteiger partial charge in [-0.05, 0) is 24.9 Å². The van der Waals surface area contributed by atoms with E-state index in [9.17, 15) is 4.79 Å². The maximum absolute atomic E-state index is 11.8. The van der Waals surface area contributed by atoms with Crippen molar-refractivity contribution in [1.82, 2.24) is 4.90 Å². The molecule has 3 rings (SSSR count). The maximum Gasteiger partial charge on any atom is 0.324 e. The Morgan fingerprint density at radius 3 is 2.94 bits per heavy atom. The van der Waals surface area contributed by atoms with E-state index in [0.717, 1.165) is 25.9 Å². The predicted molar refractivity (Wildman–Crippen MR) is 72.5 cm³/mol. The zero-order valence-corrected chi connectivity index (χ0v) is 11.7. The largest absolute Gasteiger partial charge is 0.463 e. The molecule has 2 aliphatic heterocycles. The van der Waals surface area contributed by atoms with Crippen molar-refractivity contribution in [2.75, 3.05) is 13.2 Å². The zero-order chi connectivity index (χ0) is 12.6. The van der Waals surface area contributed by atoms with E-state index in [-0.39, 0.29) is 12.0 Å². The van der Waals surface area contributed by atoms with Gasteiger partial charge in [0.15, 0.2) is 0 Å². The standard InChI is InChI=1S/C14H16BrNO2/c15-14-7-4-8-16(12(14)10-18-13(14)17)9-11-5-2-1-3-6-11/h1-3,5-6,12H,4,7-10H2/t12-,14-/m0/s1. The lowest BCUT2D eigenvalue weighted by Crippen LogP contribution is -2.53. The van der Waals surface area contributed by atoms with Gasteiger partial charge in [-0.25, -0.2) is 0 Å². The van der Waals surface area contributed by atoms with Crippen molar-refractivity contribution in [1.29, 1.82) is 0 Å². The number of carbonyl (C=O) groups excluding carboxylic acids is 1. The van der Waals surface area contributed by atoms with Crippen molar-refractivity contribution in [3.8, 4) is 0 Å². The van der Waals surface area contributed by atoms with Gasteiger partial charge in [0.2, 0.25) is 0 Å². The van der Waals surface area contributed by atoms with Crippen molar-refractivity contribution in [3.05, 3.63) is 35.9 Å². The highest BCUT2D eigenvalue weighted by molar-refractivity contribution is 9.10. The second-order valence-corrected chi connectivity index (χ2v) is 6.45. The first-order valence-electron chi connectivity index (χ1n) is 6.34. The fraction of sp³-hybridized carbons (Fsp3) is 0.500. The normalized spacial score (nSPS) is 32.1. The summed E-state index contributed by atoms with van der Waals surface area (Å²) in [5.74, 6) is -0.0924. The van der Waals surface area contributed by atoms with Crippen LogP contribution in [0, 0.1) is 0 Å². The summed E-state index contributed by atoms with van der Waals surface area (Å²) < 4.78 is 4.77. The third-order valence-corrected chi connectivity index (χ3v) is 5.14. The molecule has 0 bridgehead atoms. The fourth-order valence-corrected chi connectivity index (χ4v) is 3.73. The van der Waals surface area contributed by atoms with Gasteiger partial charge in [0.25, 0.3) is 0 Å². The first kappa shape index (κ1) is 12.2. The number of nitrogens with zero attached hydrogens (tertiary/aromatic N) is 1. The van der Waals surface area contributed by atoms with E-state index in [2.05, 4.69) is 45.1 Å². The summed E-state index contributed by atoms with van der Waals surface area (Å²) in [4.78, 5) is 14.2. The summed E-state index contributed by atoms with van der Waals surface area (Å²) in [6.07, 6.45) is 1.91. The maximum atomic E-state index is 11.8. The second kappa shape index (κ2) is 4.67. The summed E-state index contributed by atoms with van der Waals surface area (Å²) in [5, 5.41) is 0.